The van der Waals surface area contributed by atoms with E-state index in [9.17, 15) is 14.4 Å². The summed E-state index contributed by atoms with van der Waals surface area (Å²) in [7, 11) is 0. The summed E-state index contributed by atoms with van der Waals surface area (Å²) >= 11 is 0. The van der Waals surface area contributed by atoms with Gasteiger partial charge < -0.3 is 9.64 Å². The molecule has 2 aromatic carbocycles. The van der Waals surface area contributed by atoms with E-state index in [1.54, 1.807) is 12.1 Å². The van der Waals surface area contributed by atoms with Crippen molar-refractivity contribution >= 4 is 28.9 Å². The largest absolute Gasteiger partial charge is 0.376 e. The predicted molar refractivity (Wildman–Crippen MR) is 124 cm³/mol. The highest BCUT2D eigenvalue weighted by atomic mass is 16.5. The molecule has 33 heavy (non-hydrogen) atoms. The number of allylic oxidation sites excluding steroid dienone is 1. The lowest BCUT2D eigenvalue weighted by Gasteiger charge is -2.38. The van der Waals surface area contributed by atoms with Crippen molar-refractivity contribution in [3.8, 4) is 0 Å². The van der Waals surface area contributed by atoms with Gasteiger partial charge >= 0.3 is 0 Å². The number of nitrogens with zero attached hydrogens (tertiary/aromatic N) is 2. The molecule has 4 aliphatic rings. The summed E-state index contributed by atoms with van der Waals surface area (Å²) in [4.78, 5) is 44.6. The Morgan fingerprint density at radius 2 is 1.73 bits per heavy atom. The van der Waals surface area contributed by atoms with Gasteiger partial charge in [0.2, 0.25) is 11.8 Å². The molecule has 6 nitrogen and oxygen atoms in total. The fourth-order valence-corrected chi connectivity index (χ4v) is 6.10. The monoisotopic (exact) mass is 442 g/mol. The molecule has 0 aromatic heterocycles. The summed E-state index contributed by atoms with van der Waals surface area (Å²) in [5, 5.41) is 0. The molecule has 0 aliphatic carbocycles. The van der Waals surface area contributed by atoms with Crippen molar-refractivity contribution in [1.29, 1.82) is 0 Å². The van der Waals surface area contributed by atoms with E-state index in [1.165, 1.54) is 4.90 Å². The number of para-hydroxylation sites is 1. The smallest absolute Gasteiger partial charge is 0.235 e. The molecular weight excluding hydrogens is 416 g/mol. The molecule has 4 aliphatic heterocycles. The van der Waals surface area contributed by atoms with Gasteiger partial charge in [0, 0.05) is 23.4 Å². The summed E-state index contributed by atoms with van der Waals surface area (Å²) in [5.41, 5.74) is 3.58. The van der Waals surface area contributed by atoms with E-state index in [0.717, 1.165) is 29.7 Å². The molecule has 2 aromatic rings. The number of carbonyl (C=O) groups excluding carboxylic acids is 3. The second-order valence-electron chi connectivity index (χ2n) is 9.41. The topological polar surface area (TPSA) is 66.9 Å². The van der Waals surface area contributed by atoms with Crippen molar-refractivity contribution < 1.29 is 19.1 Å². The first kappa shape index (κ1) is 20.4. The van der Waals surface area contributed by atoms with E-state index in [4.69, 9.17) is 4.74 Å². The van der Waals surface area contributed by atoms with Crippen LogP contribution in [0.25, 0.3) is 5.57 Å². The number of ether oxygens (including phenoxy) is 1. The number of ketones is 1. The Labute approximate surface area is 192 Å². The lowest BCUT2D eigenvalue weighted by molar-refractivity contribution is -0.142. The van der Waals surface area contributed by atoms with Crippen molar-refractivity contribution in [3.63, 3.8) is 0 Å². The van der Waals surface area contributed by atoms with E-state index in [0.29, 0.717) is 12.2 Å². The molecule has 0 saturated carbocycles. The lowest BCUT2D eigenvalue weighted by atomic mass is 9.85. The number of anilines is 1. The molecule has 2 amide bonds. The number of likely N-dealkylation sites (tertiary alicyclic amines) is 1. The predicted octanol–water partition coefficient (Wildman–Crippen LogP) is 3.32. The maximum absolute atomic E-state index is 13.9. The molecule has 0 bridgehead atoms. The van der Waals surface area contributed by atoms with Crippen LogP contribution < -0.4 is 4.90 Å². The van der Waals surface area contributed by atoms with E-state index in [2.05, 4.69) is 6.08 Å². The van der Waals surface area contributed by atoms with Gasteiger partial charge in [0.15, 0.2) is 5.78 Å². The average molecular weight is 443 g/mol. The van der Waals surface area contributed by atoms with Gasteiger partial charge in [0.05, 0.1) is 30.5 Å². The van der Waals surface area contributed by atoms with Crippen LogP contribution in [-0.2, 0) is 14.3 Å². The first-order chi connectivity index (χ1) is 16.1. The summed E-state index contributed by atoms with van der Waals surface area (Å²) < 4.78 is 5.71. The Bertz CT molecular complexity index is 1170. The van der Waals surface area contributed by atoms with Crippen LogP contribution in [0, 0.1) is 11.8 Å². The Morgan fingerprint density at radius 3 is 2.48 bits per heavy atom. The van der Waals surface area contributed by atoms with Crippen molar-refractivity contribution in [1.82, 2.24) is 4.90 Å². The van der Waals surface area contributed by atoms with Gasteiger partial charge in [-0.25, -0.2) is 0 Å². The molecular formula is C27H26N2O4. The van der Waals surface area contributed by atoms with Gasteiger partial charge in [-0.05, 0) is 31.4 Å². The summed E-state index contributed by atoms with van der Waals surface area (Å²) in [6, 6.07) is 16.0. The van der Waals surface area contributed by atoms with Crippen LogP contribution in [0.3, 0.4) is 0 Å². The Balaban J connectivity index is 1.46. The molecule has 5 atom stereocenters. The highest BCUT2D eigenvalue weighted by molar-refractivity contribution is 6.14. The first-order valence-corrected chi connectivity index (χ1v) is 11.7. The van der Waals surface area contributed by atoms with Crippen LogP contribution in [0.4, 0.5) is 5.69 Å². The van der Waals surface area contributed by atoms with Gasteiger partial charge in [-0.2, -0.15) is 0 Å². The SMILES string of the molecule is CC1=C[C@@H]2[C@@H]3C(=O)N(C[C@@H]4CCCO4)C(=O)[C@H]3[C@H](C(=O)c3ccccc3)N2c2ccccc21. The molecule has 3 saturated heterocycles. The van der Waals surface area contributed by atoms with Crippen LogP contribution in [0.5, 0.6) is 0 Å². The molecule has 0 spiro atoms. The fourth-order valence-electron chi connectivity index (χ4n) is 6.10. The van der Waals surface area contributed by atoms with Crippen LogP contribution >= 0.6 is 0 Å². The third kappa shape index (κ3) is 3.00. The fraction of sp³-hybridized carbons (Fsp3) is 0.370. The zero-order valence-corrected chi connectivity index (χ0v) is 18.5. The Kier molecular flexibility index (Phi) is 4.73. The van der Waals surface area contributed by atoms with E-state index in [-0.39, 0.29) is 36.3 Å². The van der Waals surface area contributed by atoms with Gasteiger partial charge in [-0.15, -0.1) is 0 Å². The van der Waals surface area contributed by atoms with Gasteiger partial charge in [-0.3, -0.25) is 19.3 Å². The van der Waals surface area contributed by atoms with E-state index >= 15 is 0 Å². The van der Waals surface area contributed by atoms with Crippen molar-refractivity contribution in [2.45, 2.75) is 38.0 Å². The maximum Gasteiger partial charge on any atom is 0.235 e. The normalized spacial score (nSPS) is 30.2. The minimum absolute atomic E-state index is 0.111. The number of hydrogen-bond acceptors (Lipinski definition) is 5. The van der Waals surface area contributed by atoms with Gasteiger partial charge in [0.25, 0.3) is 0 Å². The van der Waals surface area contributed by atoms with Gasteiger partial charge in [0.1, 0.15) is 6.04 Å². The summed E-state index contributed by atoms with van der Waals surface area (Å²) in [5.74, 6) is -1.81. The molecule has 6 rings (SSSR count). The number of amides is 2. The van der Waals surface area contributed by atoms with E-state index < -0.39 is 17.9 Å². The summed E-state index contributed by atoms with van der Waals surface area (Å²) in [6.07, 6.45) is 3.75. The molecule has 3 fully saturated rings. The zero-order chi connectivity index (χ0) is 22.7. The molecule has 0 N–H and O–H groups in total. The van der Waals surface area contributed by atoms with Crippen molar-refractivity contribution in [3.05, 3.63) is 71.8 Å². The molecule has 0 unspecified atom stereocenters. The van der Waals surface area contributed by atoms with E-state index in [1.807, 2.05) is 54.3 Å². The summed E-state index contributed by atoms with van der Waals surface area (Å²) in [6.45, 7) is 2.98. The number of fused-ring (bicyclic) bond motifs is 5. The van der Waals surface area contributed by atoms with Crippen LogP contribution in [0.1, 0.15) is 35.7 Å². The molecule has 6 heteroatoms. The second-order valence-corrected chi connectivity index (χ2v) is 9.41. The second kappa shape index (κ2) is 7.66. The van der Waals surface area contributed by atoms with Crippen molar-refractivity contribution in [2.24, 2.45) is 11.8 Å². The highest BCUT2D eigenvalue weighted by Gasteiger charge is 2.64. The first-order valence-electron chi connectivity index (χ1n) is 11.7. The minimum Gasteiger partial charge on any atom is -0.376 e. The number of hydrogen-bond donors (Lipinski definition) is 0. The number of rotatable bonds is 4. The Hall–Kier alpha value is -3.25. The third-order valence-corrected chi connectivity index (χ3v) is 7.58. The third-order valence-electron chi connectivity index (χ3n) is 7.58. The average Bonchev–Trinajstić information content (AvgIpc) is 3.53. The number of carbonyl (C=O) groups is 3. The standard InChI is InChI=1S/C27H26N2O4/c1-16-14-21-22-23(27(32)28(26(22)31)15-18-10-7-13-33-18)24(25(30)17-8-3-2-4-9-17)29(21)20-12-6-5-11-19(16)20/h2-6,8-9,11-12,14,18,21-24H,7,10,13,15H2,1H3/t18-,21+,22-,23+,24+/m0/s1. The molecule has 0 radical (unpaired) electrons. The maximum atomic E-state index is 13.9. The highest BCUT2D eigenvalue weighted by Crippen LogP contribution is 2.50. The number of imide groups is 1. The zero-order valence-electron chi connectivity index (χ0n) is 18.5. The minimum atomic E-state index is -0.723. The molecule has 168 valence electrons. The van der Waals surface area contributed by atoms with Crippen LogP contribution in [0.2, 0.25) is 0 Å². The molecule has 4 heterocycles. The quantitative estimate of drug-likeness (QED) is 0.537. The number of Topliss-reactive ketones (excluding diaryl/α,β-unsaturated/α-hetero) is 1. The van der Waals surface area contributed by atoms with Gasteiger partial charge in [-0.1, -0.05) is 54.6 Å². The van der Waals surface area contributed by atoms with Crippen LogP contribution in [-0.4, -0.2) is 53.8 Å². The lowest BCUT2D eigenvalue weighted by Crippen LogP contribution is -2.49. The van der Waals surface area contributed by atoms with Crippen molar-refractivity contribution in [2.75, 3.05) is 18.1 Å². The van der Waals surface area contributed by atoms with Crippen LogP contribution in [0.15, 0.2) is 60.7 Å². The Morgan fingerprint density at radius 1 is 1.00 bits per heavy atom. The number of benzene rings is 2.